The van der Waals surface area contributed by atoms with Crippen LogP contribution in [0.2, 0.25) is 5.15 Å². The number of amides is 1. The summed E-state index contributed by atoms with van der Waals surface area (Å²) < 4.78 is 5.78. The van der Waals surface area contributed by atoms with Crippen molar-refractivity contribution < 1.29 is 14.6 Å². The van der Waals surface area contributed by atoms with Gasteiger partial charge >= 0.3 is 0 Å². The summed E-state index contributed by atoms with van der Waals surface area (Å²) in [7, 11) is 3.86. The highest BCUT2D eigenvalue weighted by Gasteiger charge is 2.28. The Labute approximate surface area is 241 Å². The number of methoxy groups -OCH3 is 1. The van der Waals surface area contributed by atoms with Gasteiger partial charge in [-0.25, -0.2) is 9.97 Å². The maximum Gasteiger partial charge on any atom is 0.271 e. The van der Waals surface area contributed by atoms with Gasteiger partial charge in [0.15, 0.2) is 22.5 Å². The molecule has 218 valence electrons. The van der Waals surface area contributed by atoms with Crippen LogP contribution in [-0.2, 0) is 0 Å². The van der Waals surface area contributed by atoms with E-state index in [9.17, 15) is 9.90 Å². The van der Waals surface area contributed by atoms with Gasteiger partial charge in [0.25, 0.3) is 5.91 Å². The molecule has 0 radical (unpaired) electrons. The number of likely N-dealkylation sites (N-methyl/N-ethyl adjacent to an activating group) is 1. The molecule has 0 bridgehead atoms. The number of nitrogens with one attached hydrogen (secondary N) is 2. The Balaban J connectivity index is 1.28. The molecular formula is C28H41ClN8O3. The molecule has 0 spiro atoms. The SMILES string of the molecule is COc1cc(Nc2nc(NC3CCC(O)CC3)c(Cl)nc2C(N)=O)ccc1N1CCC(N2CCN(C)CC2)CC1. The van der Waals surface area contributed by atoms with Crippen molar-refractivity contribution in [3.8, 4) is 5.75 Å². The largest absolute Gasteiger partial charge is 0.495 e. The molecule has 3 heterocycles. The third kappa shape index (κ3) is 6.71. The lowest BCUT2D eigenvalue weighted by Crippen LogP contribution is -2.52. The first kappa shape index (κ1) is 28.7. The van der Waals surface area contributed by atoms with Gasteiger partial charge in [-0.05, 0) is 57.7 Å². The predicted molar refractivity (Wildman–Crippen MR) is 158 cm³/mol. The third-order valence-electron chi connectivity index (χ3n) is 8.43. The normalized spacial score (nSPS) is 23.1. The molecule has 2 aliphatic heterocycles. The molecule has 5 rings (SSSR count). The summed E-state index contributed by atoms with van der Waals surface area (Å²) in [6.45, 7) is 6.52. The summed E-state index contributed by atoms with van der Waals surface area (Å²) in [6, 6.07) is 6.63. The summed E-state index contributed by atoms with van der Waals surface area (Å²) in [5, 5.41) is 16.4. The number of benzene rings is 1. The van der Waals surface area contributed by atoms with Crippen molar-refractivity contribution in [2.45, 2.75) is 56.7 Å². The number of aliphatic hydroxyl groups excluding tert-OH is 1. The van der Waals surface area contributed by atoms with Gasteiger partial charge in [0.1, 0.15) is 5.75 Å². The Bertz CT molecular complexity index is 1180. The fourth-order valence-corrected chi connectivity index (χ4v) is 6.17. The predicted octanol–water partition coefficient (Wildman–Crippen LogP) is 2.91. The van der Waals surface area contributed by atoms with E-state index in [1.165, 1.54) is 0 Å². The number of nitrogens with zero attached hydrogens (tertiary/aromatic N) is 5. The van der Waals surface area contributed by atoms with E-state index in [4.69, 9.17) is 22.1 Å². The number of hydrogen-bond donors (Lipinski definition) is 4. The maximum atomic E-state index is 12.2. The van der Waals surface area contributed by atoms with Crippen molar-refractivity contribution in [1.82, 2.24) is 19.8 Å². The van der Waals surface area contributed by atoms with Crippen molar-refractivity contribution in [3.63, 3.8) is 0 Å². The number of carbonyl (C=O) groups is 1. The molecular weight excluding hydrogens is 532 g/mol. The van der Waals surface area contributed by atoms with Crippen LogP contribution in [0, 0.1) is 0 Å². The molecule has 2 saturated heterocycles. The summed E-state index contributed by atoms with van der Waals surface area (Å²) in [5.74, 6) is 0.612. The molecule has 11 nitrogen and oxygen atoms in total. The van der Waals surface area contributed by atoms with Gasteiger partial charge in [-0.15, -0.1) is 0 Å². The van der Waals surface area contributed by atoms with Crippen LogP contribution in [0.3, 0.4) is 0 Å². The lowest BCUT2D eigenvalue weighted by atomic mass is 9.93. The van der Waals surface area contributed by atoms with Gasteiger partial charge in [-0.3, -0.25) is 9.69 Å². The van der Waals surface area contributed by atoms with Gasteiger partial charge in [-0.1, -0.05) is 11.6 Å². The number of nitrogens with two attached hydrogens (primary N) is 1. The highest BCUT2D eigenvalue weighted by Crippen LogP contribution is 2.35. The number of carbonyl (C=O) groups excluding carboxylic acids is 1. The second-order valence-electron chi connectivity index (χ2n) is 11.1. The molecule has 0 unspecified atom stereocenters. The molecule has 2 aromatic rings. The average molecular weight is 573 g/mol. The molecule has 0 atom stereocenters. The second kappa shape index (κ2) is 12.8. The molecule has 12 heteroatoms. The first-order chi connectivity index (χ1) is 19.3. The van der Waals surface area contributed by atoms with Gasteiger partial charge in [0, 0.05) is 63.1 Å². The number of piperazine rings is 1. The van der Waals surface area contributed by atoms with Crippen LogP contribution in [0.4, 0.5) is 23.0 Å². The fourth-order valence-electron chi connectivity index (χ4n) is 5.99. The van der Waals surface area contributed by atoms with Crippen LogP contribution in [-0.4, -0.2) is 102 Å². The first-order valence-electron chi connectivity index (χ1n) is 14.2. The Morgan fingerprint density at radius 2 is 1.73 bits per heavy atom. The number of aliphatic hydroxyl groups is 1. The summed E-state index contributed by atoms with van der Waals surface area (Å²) in [6.07, 6.45) is 5.01. The highest BCUT2D eigenvalue weighted by molar-refractivity contribution is 6.32. The standard InChI is InChI=1S/C28H41ClN8O3/c1-35-13-15-36(16-14-35)20-9-11-37(12-10-20)22-8-5-19(17-23(22)40-2)32-27-24(26(30)39)33-25(29)28(34-27)31-18-3-6-21(38)7-4-18/h5,8,17-18,20-21,38H,3-4,6-7,9-16H2,1-2H3,(H2,30,39)(H2,31,32,34). The quantitative estimate of drug-likeness (QED) is 0.374. The Morgan fingerprint density at radius 3 is 2.38 bits per heavy atom. The number of halogens is 1. The van der Waals surface area contributed by atoms with Crippen molar-refractivity contribution >= 4 is 40.5 Å². The van der Waals surface area contributed by atoms with E-state index in [0.717, 1.165) is 76.4 Å². The van der Waals surface area contributed by atoms with Crippen molar-refractivity contribution in [3.05, 3.63) is 29.0 Å². The van der Waals surface area contributed by atoms with Crippen LogP contribution in [0.15, 0.2) is 18.2 Å². The van der Waals surface area contributed by atoms with Crippen LogP contribution >= 0.6 is 11.6 Å². The molecule has 1 amide bonds. The van der Waals surface area contributed by atoms with Gasteiger partial charge < -0.3 is 36.0 Å². The molecule has 1 aliphatic carbocycles. The molecule has 40 heavy (non-hydrogen) atoms. The van der Waals surface area contributed by atoms with E-state index >= 15 is 0 Å². The summed E-state index contributed by atoms with van der Waals surface area (Å²) >= 11 is 6.37. The number of piperidine rings is 1. The Kier molecular flexibility index (Phi) is 9.14. The zero-order valence-corrected chi connectivity index (χ0v) is 24.2. The minimum Gasteiger partial charge on any atom is -0.495 e. The van der Waals surface area contributed by atoms with Crippen LogP contribution in [0.1, 0.15) is 49.0 Å². The van der Waals surface area contributed by atoms with E-state index in [1.54, 1.807) is 7.11 Å². The second-order valence-corrected chi connectivity index (χ2v) is 11.5. The molecule has 1 saturated carbocycles. The number of anilines is 4. The van der Waals surface area contributed by atoms with E-state index in [-0.39, 0.29) is 28.8 Å². The van der Waals surface area contributed by atoms with E-state index in [1.807, 2.05) is 18.2 Å². The van der Waals surface area contributed by atoms with Gasteiger partial charge in [0.05, 0.1) is 18.9 Å². The zero-order chi connectivity index (χ0) is 28.2. The van der Waals surface area contributed by atoms with E-state index in [0.29, 0.717) is 30.4 Å². The monoisotopic (exact) mass is 572 g/mol. The van der Waals surface area contributed by atoms with Crippen LogP contribution < -0.4 is 26.0 Å². The Morgan fingerprint density at radius 1 is 1.02 bits per heavy atom. The van der Waals surface area contributed by atoms with Crippen molar-refractivity contribution in [1.29, 1.82) is 0 Å². The lowest BCUT2D eigenvalue weighted by molar-refractivity contribution is 0.0981. The minimum absolute atomic E-state index is 0.0383. The molecule has 5 N–H and O–H groups in total. The number of aromatic nitrogens is 2. The number of primary amides is 1. The third-order valence-corrected chi connectivity index (χ3v) is 8.69. The molecule has 1 aromatic heterocycles. The van der Waals surface area contributed by atoms with E-state index in [2.05, 4.69) is 42.3 Å². The minimum atomic E-state index is -0.726. The molecule has 1 aromatic carbocycles. The van der Waals surface area contributed by atoms with Gasteiger partial charge in [-0.2, -0.15) is 0 Å². The number of hydrogen-bond acceptors (Lipinski definition) is 10. The van der Waals surface area contributed by atoms with Crippen LogP contribution in [0.25, 0.3) is 0 Å². The van der Waals surface area contributed by atoms with Crippen molar-refractivity contribution in [2.24, 2.45) is 5.73 Å². The topological polar surface area (TPSA) is 132 Å². The Hall–Kier alpha value is -2.86. The fraction of sp³-hybridized carbons (Fsp3) is 0.607. The number of rotatable bonds is 8. The average Bonchev–Trinajstić information content (AvgIpc) is 2.96. The molecule has 3 fully saturated rings. The highest BCUT2D eigenvalue weighted by atomic mass is 35.5. The lowest BCUT2D eigenvalue weighted by Gasteiger charge is -2.42. The molecule has 3 aliphatic rings. The van der Waals surface area contributed by atoms with Crippen molar-refractivity contribution in [2.75, 3.05) is 69.0 Å². The number of ether oxygens (including phenoxy) is 1. The van der Waals surface area contributed by atoms with E-state index < -0.39 is 5.91 Å². The summed E-state index contributed by atoms with van der Waals surface area (Å²) in [4.78, 5) is 28.4. The first-order valence-corrected chi connectivity index (χ1v) is 14.6. The zero-order valence-electron chi connectivity index (χ0n) is 23.4. The smallest absolute Gasteiger partial charge is 0.271 e. The van der Waals surface area contributed by atoms with Crippen LogP contribution in [0.5, 0.6) is 5.75 Å². The van der Waals surface area contributed by atoms with Gasteiger partial charge in [0.2, 0.25) is 0 Å². The summed E-state index contributed by atoms with van der Waals surface area (Å²) in [5.41, 5.74) is 7.31. The maximum absolute atomic E-state index is 12.2.